The second-order valence-corrected chi connectivity index (χ2v) is 13.3. The van der Waals surface area contributed by atoms with Crippen LogP contribution in [0.2, 0.25) is 0 Å². The van der Waals surface area contributed by atoms with Crippen LogP contribution >= 0.6 is 11.8 Å². The summed E-state index contributed by atoms with van der Waals surface area (Å²) in [5, 5.41) is 30.6. The number of phenols is 1. The average Bonchev–Trinajstić information content (AvgIpc) is 3.31. The van der Waals surface area contributed by atoms with Crippen molar-refractivity contribution in [2.45, 2.75) is 90.5 Å². The molecule has 0 aromatic heterocycles. The van der Waals surface area contributed by atoms with Gasteiger partial charge in [0.1, 0.15) is 34.6 Å². The molecule has 5 atom stereocenters. The number of aliphatic hydroxyl groups is 1. The van der Waals surface area contributed by atoms with Crippen molar-refractivity contribution in [1.29, 1.82) is 0 Å². The molecule has 0 spiro atoms. The minimum absolute atomic E-state index is 0.0682. The van der Waals surface area contributed by atoms with Gasteiger partial charge in [0.2, 0.25) is 5.91 Å². The monoisotopic (exact) mass is 625 g/mol. The number of aliphatic hydroxyl groups excluding tert-OH is 1. The Hall–Kier alpha value is -3.50. The molecule has 1 saturated heterocycles. The number of aromatic hydroxyl groups is 1. The summed E-state index contributed by atoms with van der Waals surface area (Å²) in [6.07, 6.45) is 8.74. The first-order chi connectivity index (χ1) is 20.8. The number of aliphatic carboxylic acids is 1. The van der Waals surface area contributed by atoms with Crippen molar-refractivity contribution in [3.05, 3.63) is 69.8 Å². The third-order valence-corrected chi connectivity index (χ3v) is 10.4. The largest absolute Gasteiger partial charge is 0.514 e. The second kappa shape index (κ2) is 13.6. The molecule has 10 heteroatoms. The highest BCUT2D eigenvalue weighted by Crippen LogP contribution is 2.57. The molecule has 0 unspecified atom stereocenters. The van der Waals surface area contributed by atoms with Crippen molar-refractivity contribution in [3.8, 4) is 11.5 Å². The number of thioether (sulfide) groups is 1. The van der Waals surface area contributed by atoms with Crippen molar-refractivity contribution in [2.24, 2.45) is 11.3 Å². The molecular formula is C34H43NO8S. The van der Waals surface area contributed by atoms with E-state index in [4.69, 9.17) is 9.47 Å². The number of amides is 1. The van der Waals surface area contributed by atoms with E-state index >= 15 is 0 Å². The molecule has 1 aromatic carbocycles. The summed E-state index contributed by atoms with van der Waals surface area (Å²) >= 11 is 1.17. The first-order valence-corrected chi connectivity index (χ1v) is 16.0. The summed E-state index contributed by atoms with van der Waals surface area (Å²) in [5.74, 6) is -1.53. The molecular weight excluding hydrogens is 582 g/mol. The van der Waals surface area contributed by atoms with Gasteiger partial charge in [-0.05, 0) is 89.1 Å². The highest BCUT2D eigenvalue weighted by Gasteiger charge is 2.65. The van der Waals surface area contributed by atoms with E-state index in [1.165, 1.54) is 41.3 Å². The number of ether oxygens (including phenoxy) is 2. The third-order valence-electron chi connectivity index (χ3n) is 8.93. The predicted molar refractivity (Wildman–Crippen MR) is 169 cm³/mol. The number of rotatable bonds is 12. The summed E-state index contributed by atoms with van der Waals surface area (Å²) < 4.78 is 11.1. The Bertz CT molecular complexity index is 1430. The van der Waals surface area contributed by atoms with Crippen LogP contribution in [-0.2, 0) is 20.7 Å². The van der Waals surface area contributed by atoms with Gasteiger partial charge in [-0.2, -0.15) is 0 Å². The van der Waals surface area contributed by atoms with Gasteiger partial charge in [-0.25, -0.2) is 9.59 Å². The molecule has 3 aliphatic rings. The molecule has 1 fully saturated rings. The maximum Gasteiger partial charge on any atom is 0.514 e. The number of carbonyl (C=O) groups excluding carboxylic acids is 2. The number of β-lactam (4-membered cyclic amide) rings is 1. The Morgan fingerprint density at radius 3 is 2.66 bits per heavy atom. The van der Waals surface area contributed by atoms with Gasteiger partial charge < -0.3 is 24.8 Å². The summed E-state index contributed by atoms with van der Waals surface area (Å²) in [4.78, 5) is 39.1. The molecule has 4 rings (SSSR count). The number of allylic oxidation sites excluding steroid dienone is 4. The Labute approximate surface area is 263 Å². The molecule has 1 amide bonds. The molecule has 2 heterocycles. The first-order valence-electron chi connectivity index (χ1n) is 15.2. The molecule has 1 aliphatic carbocycles. The standard InChI is InChI=1S/C34H43NO8S/c1-7-8-9-11-22-17-25(37)28(24-16-20(4)13-14-23(24)19(2)3)26(18-22)43-33(41)42-15-10-12-27-29(30(38)39)35-31(40)34(6,21(5)36)32(35)44-27/h10,12,16-18,21,23-24,32,36-37H,2,7-9,11,13-15H2,1,3-6H3,(H,38,39)/b12-10+/t21-,23+,24-,32-,34+/m1/s1. The molecule has 0 bridgehead atoms. The van der Waals surface area contributed by atoms with Gasteiger partial charge >= 0.3 is 12.1 Å². The molecule has 0 radical (unpaired) electrons. The Balaban J connectivity index is 1.52. The van der Waals surface area contributed by atoms with Gasteiger partial charge in [0.05, 0.1) is 6.10 Å². The molecule has 2 aliphatic heterocycles. The fraction of sp³-hybridized carbons (Fsp3) is 0.500. The highest BCUT2D eigenvalue weighted by atomic mass is 32.2. The summed E-state index contributed by atoms with van der Waals surface area (Å²) in [6, 6.07) is 3.55. The van der Waals surface area contributed by atoms with Gasteiger partial charge in [0, 0.05) is 16.4 Å². The maximum absolute atomic E-state index is 12.9. The number of fused-ring (bicyclic) bond motifs is 1. The molecule has 3 N–H and O–H groups in total. The van der Waals surface area contributed by atoms with Crippen molar-refractivity contribution >= 4 is 29.8 Å². The summed E-state index contributed by atoms with van der Waals surface area (Å²) in [7, 11) is 0. The van der Waals surface area contributed by atoms with Crippen LogP contribution in [0, 0.1) is 11.3 Å². The lowest BCUT2D eigenvalue weighted by molar-refractivity contribution is -0.170. The van der Waals surface area contributed by atoms with Gasteiger partial charge in [-0.15, -0.1) is 0 Å². The van der Waals surface area contributed by atoms with Crippen LogP contribution in [0.3, 0.4) is 0 Å². The van der Waals surface area contributed by atoms with E-state index in [0.717, 1.165) is 49.7 Å². The maximum atomic E-state index is 12.9. The zero-order chi connectivity index (χ0) is 32.3. The lowest BCUT2D eigenvalue weighted by Crippen LogP contribution is -2.68. The number of nitrogens with zero attached hydrogens (tertiary/aromatic N) is 1. The van der Waals surface area contributed by atoms with Gasteiger partial charge in [0.25, 0.3) is 0 Å². The summed E-state index contributed by atoms with van der Waals surface area (Å²) in [5.41, 5.74) is 2.31. The number of aryl methyl sites for hydroxylation is 1. The van der Waals surface area contributed by atoms with E-state index in [2.05, 4.69) is 26.5 Å². The van der Waals surface area contributed by atoms with E-state index in [-0.39, 0.29) is 35.6 Å². The number of hydrogen-bond acceptors (Lipinski definition) is 8. The summed E-state index contributed by atoms with van der Waals surface area (Å²) in [6.45, 7) is 13.2. The first kappa shape index (κ1) is 33.4. The van der Waals surface area contributed by atoms with Crippen LogP contribution in [0.4, 0.5) is 4.79 Å². The molecule has 1 aromatic rings. The number of benzene rings is 1. The van der Waals surface area contributed by atoms with Gasteiger partial charge in [-0.3, -0.25) is 9.69 Å². The SMILES string of the molecule is C=C(C)[C@@H]1CCC(C)=C[C@H]1c1c(O)cc(CCCCC)cc1OC(=O)OC/C=C/C1=C(C(=O)O)N2C(=O)[C@](C)([C@@H](C)O)[C@H]2S1. The zero-order valence-corrected chi connectivity index (χ0v) is 26.9. The fourth-order valence-corrected chi connectivity index (χ4v) is 7.74. The lowest BCUT2D eigenvalue weighted by Gasteiger charge is -2.51. The number of phenolic OH excluding ortho intramolecular Hbond substituents is 1. The minimum Gasteiger partial charge on any atom is -0.507 e. The van der Waals surface area contributed by atoms with Crippen molar-refractivity contribution < 1.29 is 39.2 Å². The van der Waals surface area contributed by atoms with Crippen molar-refractivity contribution in [2.75, 3.05) is 6.61 Å². The van der Waals surface area contributed by atoms with E-state index in [0.29, 0.717) is 10.5 Å². The Morgan fingerprint density at radius 1 is 1.30 bits per heavy atom. The van der Waals surface area contributed by atoms with Crippen molar-refractivity contribution in [1.82, 2.24) is 4.90 Å². The predicted octanol–water partition coefficient (Wildman–Crippen LogP) is 6.81. The topological polar surface area (TPSA) is 134 Å². The number of hydrogen-bond donors (Lipinski definition) is 3. The molecule has 238 valence electrons. The Kier molecular flexibility index (Phi) is 10.4. The third kappa shape index (κ3) is 6.47. The van der Waals surface area contributed by atoms with Crippen LogP contribution < -0.4 is 4.74 Å². The number of carboxylic acids is 1. The van der Waals surface area contributed by atoms with Crippen molar-refractivity contribution in [3.63, 3.8) is 0 Å². The smallest absolute Gasteiger partial charge is 0.507 e. The second-order valence-electron chi connectivity index (χ2n) is 12.2. The van der Waals surface area contributed by atoms with Gasteiger partial charge in [0.15, 0.2) is 0 Å². The zero-order valence-electron chi connectivity index (χ0n) is 26.1. The van der Waals surface area contributed by atoms with Crippen LogP contribution in [-0.4, -0.2) is 56.3 Å². The number of carboxylic acid groups (broad SMARTS) is 1. The Morgan fingerprint density at radius 2 is 2.02 bits per heavy atom. The fourth-order valence-electron chi connectivity index (χ4n) is 6.18. The highest BCUT2D eigenvalue weighted by molar-refractivity contribution is 8.04. The van der Waals surface area contributed by atoms with Crippen LogP contribution in [0.25, 0.3) is 0 Å². The quantitative estimate of drug-likeness (QED) is 0.0753. The van der Waals surface area contributed by atoms with E-state index < -0.39 is 34.9 Å². The molecule has 9 nitrogen and oxygen atoms in total. The molecule has 44 heavy (non-hydrogen) atoms. The van der Waals surface area contributed by atoms with Crippen LogP contribution in [0.15, 0.2) is 58.7 Å². The number of unbranched alkanes of at least 4 members (excludes halogenated alkanes) is 2. The van der Waals surface area contributed by atoms with Crippen LogP contribution in [0.1, 0.15) is 83.8 Å². The van der Waals surface area contributed by atoms with Crippen LogP contribution in [0.5, 0.6) is 11.5 Å². The van der Waals surface area contributed by atoms with Gasteiger partial charge in [-0.1, -0.05) is 55.3 Å². The minimum atomic E-state index is -1.26. The normalized spacial score (nSPS) is 25.4. The average molecular weight is 626 g/mol. The molecule has 0 saturated carbocycles. The number of carbonyl (C=O) groups is 3. The van der Waals surface area contributed by atoms with E-state index in [1.54, 1.807) is 19.1 Å². The van der Waals surface area contributed by atoms with E-state index in [1.807, 2.05) is 6.92 Å². The van der Waals surface area contributed by atoms with E-state index in [9.17, 15) is 29.7 Å². The lowest BCUT2D eigenvalue weighted by atomic mass is 9.73.